The average Bonchev–Trinajstić information content (AvgIpc) is 2.48. The van der Waals surface area contributed by atoms with Crippen molar-refractivity contribution in [1.82, 2.24) is 9.78 Å². The van der Waals surface area contributed by atoms with Crippen LogP contribution in [0, 0.1) is 0 Å². The molecule has 0 unspecified atom stereocenters. The molecule has 1 aromatic carbocycles. The first-order valence-corrected chi connectivity index (χ1v) is 7.02. The minimum absolute atomic E-state index is 0.430. The van der Waals surface area contributed by atoms with Crippen LogP contribution in [0.25, 0.3) is 5.69 Å². The molecule has 0 saturated carbocycles. The predicted octanol–water partition coefficient (Wildman–Crippen LogP) is 2.45. The number of carboxylic acid groups (broad SMARTS) is 1. The molecule has 21 heavy (non-hydrogen) atoms. The Morgan fingerprint density at radius 2 is 1.95 bits per heavy atom. The van der Waals surface area contributed by atoms with E-state index < -0.39 is 17.1 Å². The van der Waals surface area contributed by atoms with Crippen LogP contribution in [0.4, 0.5) is 0 Å². The van der Waals surface area contributed by atoms with Gasteiger partial charge in [-0.25, -0.2) is 9.48 Å². The van der Waals surface area contributed by atoms with Gasteiger partial charge in [-0.05, 0) is 24.5 Å². The second-order valence-corrected chi connectivity index (χ2v) is 4.81. The zero-order chi connectivity index (χ0) is 15.4. The normalized spacial score (nSPS) is 10.6. The van der Waals surface area contributed by atoms with E-state index in [0.717, 1.165) is 24.1 Å². The number of nitrogens with zero attached hydrogens (tertiary/aromatic N) is 2. The quantitative estimate of drug-likeness (QED) is 0.916. The van der Waals surface area contributed by atoms with E-state index >= 15 is 0 Å². The van der Waals surface area contributed by atoms with Crippen molar-refractivity contribution >= 4 is 5.97 Å². The second kappa shape index (κ2) is 6.35. The molecule has 0 saturated heterocycles. The standard InChI is InChI=1S/C16H18N2O3/c1-3-7-12-8-5-6-9-13(12)18-10-11(4-2)15(19)14(17-18)16(20)21/h5-6,8-10H,3-4,7H2,1-2H3,(H,20,21). The number of hydrogen-bond acceptors (Lipinski definition) is 3. The fraction of sp³-hybridized carbons (Fsp3) is 0.312. The summed E-state index contributed by atoms with van der Waals surface area (Å²) < 4.78 is 1.51. The molecule has 0 bridgehead atoms. The van der Waals surface area contributed by atoms with E-state index in [-0.39, 0.29) is 0 Å². The Bertz CT molecular complexity index is 720. The summed E-state index contributed by atoms with van der Waals surface area (Å²) in [6.45, 7) is 3.90. The van der Waals surface area contributed by atoms with E-state index in [9.17, 15) is 9.59 Å². The van der Waals surface area contributed by atoms with Crippen molar-refractivity contribution in [3.05, 3.63) is 57.5 Å². The van der Waals surface area contributed by atoms with Gasteiger partial charge in [-0.2, -0.15) is 5.10 Å². The first kappa shape index (κ1) is 15.0. The summed E-state index contributed by atoms with van der Waals surface area (Å²) in [5, 5.41) is 13.2. The highest BCUT2D eigenvalue weighted by Gasteiger charge is 2.16. The molecule has 2 rings (SSSR count). The lowest BCUT2D eigenvalue weighted by atomic mass is 10.1. The second-order valence-electron chi connectivity index (χ2n) is 4.81. The summed E-state index contributed by atoms with van der Waals surface area (Å²) in [5.74, 6) is -1.29. The molecular formula is C16H18N2O3. The van der Waals surface area contributed by atoms with Gasteiger partial charge in [0.1, 0.15) is 0 Å². The highest BCUT2D eigenvalue weighted by molar-refractivity contribution is 5.85. The van der Waals surface area contributed by atoms with Crippen molar-refractivity contribution in [2.45, 2.75) is 33.1 Å². The van der Waals surface area contributed by atoms with Gasteiger partial charge in [0.05, 0.1) is 5.69 Å². The van der Waals surface area contributed by atoms with Gasteiger partial charge in [0.25, 0.3) is 0 Å². The molecule has 0 atom stereocenters. The van der Waals surface area contributed by atoms with Crippen molar-refractivity contribution in [1.29, 1.82) is 0 Å². The minimum Gasteiger partial charge on any atom is -0.476 e. The van der Waals surface area contributed by atoms with Crippen molar-refractivity contribution in [2.24, 2.45) is 0 Å². The maximum Gasteiger partial charge on any atom is 0.360 e. The minimum atomic E-state index is -1.29. The Balaban J connectivity index is 2.67. The van der Waals surface area contributed by atoms with Crippen molar-refractivity contribution in [3.8, 4) is 5.69 Å². The zero-order valence-corrected chi connectivity index (χ0v) is 12.2. The van der Waals surface area contributed by atoms with Crippen LogP contribution in [0.2, 0.25) is 0 Å². The highest BCUT2D eigenvalue weighted by Crippen LogP contribution is 2.15. The van der Waals surface area contributed by atoms with E-state index in [1.807, 2.05) is 31.2 Å². The van der Waals surface area contributed by atoms with E-state index in [1.54, 1.807) is 6.20 Å². The van der Waals surface area contributed by atoms with Crippen molar-refractivity contribution in [2.75, 3.05) is 0 Å². The molecule has 2 aromatic rings. The van der Waals surface area contributed by atoms with Crippen LogP contribution in [0.5, 0.6) is 0 Å². The first-order chi connectivity index (χ1) is 10.1. The Labute approximate surface area is 122 Å². The number of carboxylic acids is 1. The monoisotopic (exact) mass is 286 g/mol. The molecule has 1 N–H and O–H groups in total. The topological polar surface area (TPSA) is 72.2 Å². The van der Waals surface area contributed by atoms with Gasteiger partial charge < -0.3 is 5.11 Å². The van der Waals surface area contributed by atoms with Gasteiger partial charge >= 0.3 is 5.97 Å². The third-order valence-electron chi connectivity index (χ3n) is 3.33. The van der Waals surface area contributed by atoms with E-state index in [2.05, 4.69) is 12.0 Å². The fourth-order valence-corrected chi connectivity index (χ4v) is 2.27. The number of para-hydroxylation sites is 1. The number of hydrogen-bond donors (Lipinski definition) is 1. The molecule has 0 aliphatic rings. The lowest BCUT2D eigenvalue weighted by Gasteiger charge is -2.12. The molecule has 0 aliphatic heterocycles. The summed E-state index contributed by atoms with van der Waals surface area (Å²) in [7, 11) is 0. The fourth-order valence-electron chi connectivity index (χ4n) is 2.27. The number of rotatable bonds is 5. The number of aromatic nitrogens is 2. The van der Waals surface area contributed by atoms with Crippen LogP contribution in [-0.2, 0) is 12.8 Å². The Morgan fingerprint density at radius 1 is 1.24 bits per heavy atom. The van der Waals surface area contributed by atoms with Crippen LogP contribution >= 0.6 is 0 Å². The van der Waals surface area contributed by atoms with Gasteiger partial charge in [-0.3, -0.25) is 4.79 Å². The first-order valence-electron chi connectivity index (χ1n) is 7.02. The summed E-state index contributed by atoms with van der Waals surface area (Å²) in [6.07, 6.45) is 3.94. The molecule has 0 radical (unpaired) electrons. The van der Waals surface area contributed by atoms with Crippen LogP contribution < -0.4 is 5.43 Å². The van der Waals surface area contributed by atoms with Gasteiger partial charge in [0, 0.05) is 11.8 Å². The third-order valence-corrected chi connectivity index (χ3v) is 3.33. The molecule has 0 fully saturated rings. The summed E-state index contributed by atoms with van der Waals surface area (Å²) in [6, 6.07) is 7.69. The summed E-state index contributed by atoms with van der Waals surface area (Å²) in [5.41, 5.74) is 1.41. The molecule has 5 nitrogen and oxygen atoms in total. The molecule has 110 valence electrons. The number of carbonyl (C=O) groups is 1. The molecule has 5 heteroatoms. The van der Waals surface area contributed by atoms with E-state index in [1.165, 1.54) is 4.68 Å². The molecule has 1 aromatic heterocycles. The molecule has 0 spiro atoms. The van der Waals surface area contributed by atoms with Crippen LogP contribution in [0.15, 0.2) is 35.3 Å². The van der Waals surface area contributed by atoms with E-state index in [4.69, 9.17) is 5.11 Å². The number of aromatic carboxylic acids is 1. The zero-order valence-electron chi connectivity index (χ0n) is 12.2. The van der Waals surface area contributed by atoms with Crippen LogP contribution in [0.1, 0.15) is 41.9 Å². The Hall–Kier alpha value is -2.43. The number of benzene rings is 1. The lowest BCUT2D eigenvalue weighted by Crippen LogP contribution is -2.24. The van der Waals surface area contributed by atoms with Crippen molar-refractivity contribution in [3.63, 3.8) is 0 Å². The highest BCUT2D eigenvalue weighted by atomic mass is 16.4. The van der Waals surface area contributed by atoms with Crippen molar-refractivity contribution < 1.29 is 9.90 Å². The maximum absolute atomic E-state index is 12.0. The maximum atomic E-state index is 12.0. The molecular weight excluding hydrogens is 268 g/mol. The number of aryl methyl sites for hydroxylation is 2. The van der Waals surface area contributed by atoms with Gasteiger partial charge in [0.2, 0.25) is 11.1 Å². The average molecular weight is 286 g/mol. The van der Waals surface area contributed by atoms with Gasteiger partial charge in [-0.15, -0.1) is 0 Å². The Morgan fingerprint density at radius 3 is 2.57 bits per heavy atom. The predicted molar refractivity (Wildman–Crippen MR) is 80.2 cm³/mol. The van der Waals surface area contributed by atoms with Gasteiger partial charge in [-0.1, -0.05) is 38.5 Å². The smallest absolute Gasteiger partial charge is 0.360 e. The molecule has 0 aliphatic carbocycles. The summed E-state index contributed by atoms with van der Waals surface area (Å²) in [4.78, 5) is 23.2. The third kappa shape index (κ3) is 3.02. The molecule has 1 heterocycles. The SMILES string of the molecule is CCCc1ccccc1-n1cc(CC)c(=O)c(C(=O)O)n1. The largest absolute Gasteiger partial charge is 0.476 e. The van der Waals surface area contributed by atoms with Gasteiger partial charge in [0.15, 0.2) is 0 Å². The summed E-state index contributed by atoms with van der Waals surface area (Å²) >= 11 is 0. The van der Waals surface area contributed by atoms with Crippen LogP contribution in [-0.4, -0.2) is 20.9 Å². The lowest BCUT2D eigenvalue weighted by molar-refractivity contribution is 0.0686. The Kier molecular flexibility index (Phi) is 4.52. The molecule has 0 amide bonds. The van der Waals surface area contributed by atoms with E-state index in [0.29, 0.717) is 12.0 Å². The van der Waals surface area contributed by atoms with Crippen LogP contribution in [0.3, 0.4) is 0 Å².